The Balaban J connectivity index is 0.863. The number of nitrogens with zero attached hydrogens (tertiary/aromatic N) is 3. The molecule has 0 saturated carbocycles. The molecule has 0 heterocycles. The highest BCUT2D eigenvalue weighted by Crippen LogP contribution is 2.43. The monoisotopic (exact) mass is 1050 g/mol. The van der Waals surface area contributed by atoms with Gasteiger partial charge >= 0.3 is 0 Å². The van der Waals surface area contributed by atoms with Gasteiger partial charge in [0.05, 0.1) is 11.4 Å². The molecule has 11 aromatic carbocycles. The van der Waals surface area contributed by atoms with Crippen molar-refractivity contribution < 1.29 is 0 Å². The molecule has 0 fully saturated rings. The number of aryl methyl sites for hydroxylation is 6. The number of benzene rings is 11. The topological polar surface area (TPSA) is 9.72 Å². The second-order valence-electron chi connectivity index (χ2n) is 21.8. The second-order valence-corrected chi connectivity index (χ2v) is 21.8. The van der Waals surface area contributed by atoms with Crippen LogP contribution in [0.15, 0.2) is 237 Å². The molecule has 0 aliphatic carbocycles. The summed E-state index contributed by atoms with van der Waals surface area (Å²) in [6.45, 7) is 13.2. The van der Waals surface area contributed by atoms with Crippen molar-refractivity contribution in [3.05, 3.63) is 292 Å². The van der Waals surface area contributed by atoms with Gasteiger partial charge in [0.25, 0.3) is 0 Å². The molecular formula is C78H73N3. The second kappa shape index (κ2) is 24.9. The van der Waals surface area contributed by atoms with E-state index >= 15 is 0 Å². The average Bonchev–Trinajstić information content (AvgIpc) is 3.69. The summed E-state index contributed by atoms with van der Waals surface area (Å²) in [6.07, 6.45) is 16.0. The number of unbranched alkanes of at least 4 members (excludes halogenated alkanes) is 2. The molecule has 81 heavy (non-hydrogen) atoms. The molecule has 11 rings (SSSR count). The summed E-state index contributed by atoms with van der Waals surface area (Å²) in [4.78, 5) is 7.17. The van der Waals surface area contributed by atoms with Crippen LogP contribution in [0.4, 0.5) is 51.2 Å². The molecule has 0 aliphatic rings. The first-order chi connectivity index (χ1) is 39.7. The van der Waals surface area contributed by atoms with Crippen LogP contribution in [0.1, 0.15) is 95.2 Å². The van der Waals surface area contributed by atoms with Crippen molar-refractivity contribution in [2.75, 3.05) is 14.7 Å². The van der Waals surface area contributed by atoms with Crippen LogP contribution in [0.5, 0.6) is 0 Å². The molecule has 0 saturated heterocycles. The minimum absolute atomic E-state index is 1.10. The summed E-state index contributed by atoms with van der Waals surface area (Å²) in [7, 11) is 0. The highest BCUT2D eigenvalue weighted by atomic mass is 15.2. The molecule has 400 valence electrons. The molecule has 0 atom stereocenters. The van der Waals surface area contributed by atoms with Gasteiger partial charge in [-0.3, -0.25) is 0 Å². The first-order valence-corrected chi connectivity index (χ1v) is 29.1. The van der Waals surface area contributed by atoms with E-state index in [0.29, 0.717) is 0 Å². The molecule has 0 N–H and O–H groups in total. The van der Waals surface area contributed by atoms with E-state index in [1.807, 2.05) is 0 Å². The summed E-state index contributed by atoms with van der Waals surface area (Å²) in [6, 6.07) is 87.5. The maximum absolute atomic E-state index is 2.40. The minimum Gasteiger partial charge on any atom is -0.310 e. The lowest BCUT2D eigenvalue weighted by molar-refractivity contribution is 0.795. The van der Waals surface area contributed by atoms with E-state index < -0.39 is 0 Å². The minimum atomic E-state index is 1.10. The predicted molar refractivity (Wildman–Crippen MR) is 352 cm³/mol. The van der Waals surface area contributed by atoms with Crippen LogP contribution in [0.2, 0.25) is 0 Å². The summed E-state index contributed by atoms with van der Waals surface area (Å²) >= 11 is 0. The molecule has 0 spiro atoms. The number of rotatable bonds is 19. The van der Waals surface area contributed by atoms with Crippen LogP contribution in [0, 0.1) is 27.7 Å². The lowest BCUT2D eigenvalue weighted by Gasteiger charge is -2.27. The van der Waals surface area contributed by atoms with E-state index in [4.69, 9.17) is 0 Å². The third-order valence-corrected chi connectivity index (χ3v) is 15.9. The largest absolute Gasteiger partial charge is 0.310 e. The Kier molecular flexibility index (Phi) is 16.5. The lowest BCUT2D eigenvalue weighted by Crippen LogP contribution is -2.10. The van der Waals surface area contributed by atoms with Gasteiger partial charge in [0, 0.05) is 50.6 Å². The Hall–Kier alpha value is -9.18. The maximum atomic E-state index is 2.40. The van der Waals surface area contributed by atoms with Crippen molar-refractivity contribution in [2.45, 2.75) is 80.1 Å². The maximum Gasteiger partial charge on any atom is 0.0540 e. The van der Waals surface area contributed by atoms with Gasteiger partial charge < -0.3 is 14.7 Å². The Labute approximate surface area is 481 Å². The third-order valence-electron chi connectivity index (χ3n) is 15.9. The SMILES string of the molecule is CCCCc1ccc(N(c2ccc(C)cc2)c2ccc(/C=C/c3ccc(N(c4ccc(/C=C/c5ccc(N(c6ccc(C)cc6)c6ccc(CCCC)cc6)c6ccccc56)cc4)c4ccc(C)c(C)c4)cc3)c3ccccc23)cc1. The summed E-state index contributed by atoms with van der Waals surface area (Å²) in [5, 5.41) is 4.84. The van der Waals surface area contributed by atoms with E-state index in [1.165, 1.54) is 91.7 Å². The average molecular weight is 1050 g/mol. The van der Waals surface area contributed by atoms with Gasteiger partial charge in [-0.2, -0.15) is 0 Å². The number of hydrogen-bond acceptors (Lipinski definition) is 3. The molecule has 0 bridgehead atoms. The molecule has 0 unspecified atom stereocenters. The smallest absolute Gasteiger partial charge is 0.0540 e. The molecule has 0 amide bonds. The van der Waals surface area contributed by atoms with Crippen LogP contribution < -0.4 is 14.7 Å². The van der Waals surface area contributed by atoms with Gasteiger partial charge in [-0.1, -0.05) is 202 Å². The van der Waals surface area contributed by atoms with Gasteiger partial charge in [0.2, 0.25) is 0 Å². The van der Waals surface area contributed by atoms with Gasteiger partial charge in [0.1, 0.15) is 0 Å². The first-order valence-electron chi connectivity index (χ1n) is 29.1. The van der Waals surface area contributed by atoms with E-state index in [-0.39, 0.29) is 0 Å². The number of anilines is 9. The molecule has 3 nitrogen and oxygen atoms in total. The van der Waals surface area contributed by atoms with Crippen LogP contribution in [-0.4, -0.2) is 0 Å². The van der Waals surface area contributed by atoms with E-state index in [9.17, 15) is 0 Å². The zero-order valence-electron chi connectivity index (χ0n) is 47.9. The van der Waals surface area contributed by atoms with Crippen LogP contribution in [0.25, 0.3) is 45.8 Å². The molecule has 0 aliphatic heterocycles. The van der Waals surface area contributed by atoms with Gasteiger partial charge in [0.15, 0.2) is 0 Å². The fourth-order valence-electron chi connectivity index (χ4n) is 11.1. The van der Waals surface area contributed by atoms with E-state index in [1.54, 1.807) is 0 Å². The standard InChI is InChI=1S/C78H73N3/c1-7-9-15-60-28-49-70(50-29-60)80(68-40-21-56(3)22-41-68)77-53-38-64(73-17-11-13-19-75(73)77)36-26-62-32-45-66(46-33-62)79(72-44-25-58(5)59(6)55-72)67-47-34-63(35-48-67)27-37-65-39-54-78(76-20-14-12-18-74(65)76)81(69-42-23-57(4)24-43-69)71-51-30-61(31-52-71)16-10-8-2/h11-14,17-55H,7-10,15-16H2,1-6H3/b36-26+,37-27+. The Morgan fingerprint density at radius 2 is 0.642 bits per heavy atom. The van der Waals surface area contributed by atoms with E-state index in [2.05, 4.69) is 317 Å². The fraction of sp³-hybridized carbons (Fsp3) is 0.154. The Morgan fingerprint density at radius 3 is 1.02 bits per heavy atom. The van der Waals surface area contributed by atoms with Crippen molar-refractivity contribution >= 4 is 97.0 Å². The Morgan fingerprint density at radius 1 is 0.296 bits per heavy atom. The summed E-state index contributed by atoms with van der Waals surface area (Å²) in [5.74, 6) is 0. The van der Waals surface area contributed by atoms with Crippen molar-refractivity contribution in [3.63, 3.8) is 0 Å². The van der Waals surface area contributed by atoms with Gasteiger partial charge in [-0.15, -0.1) is 0 Å². The molecule has 0 radical (unpaired) electrons. The third kappa shape index (κ3) is 12.2. The molecule has 3 heteroatoms. The molecular weight excluding hydrogens is 979 g/mol. The molecule has 0 aromatic heterocycles. The van der Waals surface area contributed by atoms with Gasteiger partial charge in [-0.05, 0) is 206 Å². The zero-order valence-corrected chi connectivity index (χ0v) is 47.9. The van der Waals surface area contributed by atoms with Crippen molar-refractivity contribution in [1.29, 1.82) is 0 Å². The van der Waals surface area contributed by atoms with Crippen LogP contribution in [-0.2, 0) is 12.8 Å². The van der Waals surface area contributed by atoms with Gasteiger partial charge in [-0.25, -0.2) is 0 Å². The molecule has 11 aromatic rings. The first kappa shape index (κ1) is 53.8. The quantitative estimate of drug-likeness (QED) is 0.0747. The lowest BCUT2D eigenvalue weighted by atomic mass is 9.99. The normalized spacial score (nSPS) is 11.5. The Bertz CT molecular complexity index is 3720. The fourth-order valence-corrected chi connectivity index (χ4v) is 11.1. The van der Waals surface area contributed by atoms with Crippen molar-refractivity contribution in [3.8, 4) is 0 Å². The van der Waals surface area contributed by atoms with E-state index in [0.717, 1.165) is 75.2 Å². The summed E-state index contributed by atoms with van der Waals surface area (Å²) in [5.41, 5.74) is 22.7. The number of fused-ring (bicyclic) bond motifs is 2. The number of hydrogen-bond donors (Lipinski definition) is 0. The summed E-state index contributed by atoms with van der Waals surface area (Å²) < 4.78 is 0. The zero-order chi connectivity index (χ0) is 55.7. The van der Waals surface area contributed by atoms with Crippen LogP contribution >= 0.6 is 0 Å². The predicted octanol–water partition coefficient (Wildman–Crippen LogP) is 22.7. The highest BCUT2D eigenvalue weighted by molar-refractivity contribution is 6.05. The van der Waals surface area contributed by atoms with Crippen molar-refractivity contribution in [1.82, 2.24) is 0 Å². The van der Waals surface area contributed by atoms with Crippen LogP contribution in [0.3, 0.4) is 0 Å². The van der Waals surface area contributed by atoms with Crippen molar-refractivity contribution in [2.24, 2.45) is 0 Å². The highest BCUT2D eigenvalue weighted by Gasteiger charge is 2.19.